The molecule has 0 radical (unpaired) electrons. The minimum absolute atomic E-state index is 0.0463. The minimum Gasteiger partial charge on any atom is -0.350 e. The number of nitrogens with zero attached hydrogens (tertiary/aromatic N) is 3. The van der Waals surface area contributed by atoms with E-state index >= 15 is 0 Å². The molecule has 0 spiro atoms. The first-order valence-electron chi connectivity index (χ1n) is 8.67. The third-order valence-corrected chi connectivity index (χ3v) is 4.46. The van der Waals surface area contributed by atoms with Gasteiger partial charge in [0.05, 0.1) is 18.2 Å². The van der Waals surface area contributed by atoms with Gasteiger partial charge in [-0.05, 0) is 30.9 Å². The third kappa shape index (κ3) is 3.91. The smallest absolute Gasteiger partial charge is 0.227 e. The van der Waals surface area contributed by atoms with E-state index in [2.05, 4.69) is 20.2 Å². The van der Waals surface area contributed by atoms with Crippen molar-refractivity contribution in [3.8, 4) is 0 Å². The van der Waals surface area contributed by atoms with Gasteiger partial charge < -0.3 is 10.2 Å². The van der Waals surface area contributed by atoms with Gasteiger partial charge in [-0.25, -0.2) is 9.97 Å². The van der Waals surface area contributed by atoms with Crippen LogP contribution >= 0.6 is 0 Å². The Morgan fingerprint density at radius 1 is 1.21 bits per heavy atom. The highest BCUT2D eigenvalue weighted by atomic mass is 16.1. The Bertz CT molecular complexity index is 668. The first-order valence-corrected chi connectivity index (χ1v) is 8.67. The highest BCUT2D eigenvalue weighted by Crippen LogP contribution is 2.19. The van der Waals surface area contributed by atoms with Crippen molar-refractivity contribution in [3.63, 3.8) is 0 Å². The standard InChI is InChI=1S/C19H24N4O/c1-2-17(15-8-4-3-5-9-15)18(24)21-14-16-10-11-20-19(22-16)23-12-6-7-13-23/h3-5,8-11,17H,2,6-7,12-14H2,1H3,(H,21,24). The molecule has 1 fully saturated rings. The van der Waals surface area contributed by atoms with Gasteiger partial charge in [-0.2, -0.15) is 0 Å². The van der Waals surface area contributed by atoms with Crippen LogP contribution in [0.3, 0.4) is 0 Å². The van der Waals surface area contributed by atoms with Crippen molar-refractivity contribution in [2.45, 2.75) is 38.6 Å². The number of benzene rings is 1. The molecule has 1 atom stereocenters. The molecule has 126 valence electrons. The Labute approximate surface area is 143 Å². The molecule has 2 aromatic rings. The largest absolute Gasteiger partial charge is 0.350 e. The molecule has 1 aliphatic rings. The van der Waals surface area contributed by atoms with Crippen LogP contribution in [-0.4, -0.2) is 29.0 Å². The summed E-state index contributed by atoms with van der Waals surface area (Å²) in [5.74, 6) is 0.700. The molecule has 1 unspecified atom stereocenters. The Morgan fingerprint density at radius 3 is 2.67 bits per heavy atom. The number of nitrogens with one attached hydrogen (secondary N) is 1. The van der Waals surface area contributed by atoms with Gasteiger partial charge in [-0.3, -0.25) is 4.79 Å². The first kappa shape index (κ1) is 16.4. The summed E-state index contributed by atoms with van der Waals surface area (Å²) < 4.78 is 0. The summed E-state index contributed by atoms with van der Waals surface area (Å²) >= 11 is 0. The van der Waals surface area contributed by atoms with Crippen LogP contribution in [0.1, 0.15) is 43.4 Å². The zero-order chi connectivity index (χ0) is 16.8. The molecule has 0 bridgehead atoms. The number of hydrogen-bond acceptors (Lipinski definition) is 4. The van der Waals surface area contributed by atoms with Gasteiger partial charge >= 0.3 is 0 Å². The van der Waals surface area contributed by atoms with Crippen molar-refractivity contribution in [3.05, 3.63) is 53.9 Å². The van der Waals surface area contributed by atoms with E-state index in [1.165, 1.54) is 12.8 Å². The van der Waals surface area contributed by atoms with Gasteiger partial charge in [0, 0.05) is 19.3 Å². The SMILES string of the molecule is CCC(C(=O)NCc1ccnc(N2CCCC2)n1)c1ccccc1. The molecule has 2 heterocycles. The van der Waals surface area contributed by atoms with Gasteiger partial charge in [-0.15, -0.1) is 0 Å². The fourth-order valence-corrected chi connectivity index (χ4v) is 3.11. The first-order chi connectivity index (χ1) is 11.8. The number of carbonyl (C=O) groups is 1. The number of rotatable bonds is 6. The normalized spacial score (nSPS) is 15.3. The van der Waals surface area contributed by atoms with E-state index in [1.54, 1.807) is 6.20 Å². The van der Waals surface area contributed by atoms with Crippen molar-refractivity contribution in [1.82, 2.24) is 15.3 Å². The number of anilines is 1. The van der Waals surface area contributed by atoms with E-state index in [0.717, 1.165) is 36.7 Å². The van der Waals surface area contributed by atoms with E-state index in [9.17, 15) is 4.79 Å². The summed E-state index contributed by atoms with van der Waals surface area (Å²) in [6, 6.07) is 11.8. The Balaban J connectivity index is 1.62. The molecular weight excluding hydrogens is 300 g/mol. The minimum atomic E-state index is -0.119. The number of hydrogen-bond donors (Lipinski definition) is 1. The zero-order valence-corrected chi connectivity index (χ0v) is 14.1. The molecule has 0 aliphatic carbocycles. The van der Waals surface area contributed by atoms with Gasteiger partial charge in [0.15, 0.2) is 0 Å². The van der Waals surface area contributed by atoms with Crippen LogP contribution in [0, 0.1) is 0 Å². The lowest BCUT2D eigenvalue weighted by molar-refractivity contribution is -0.122. The topological polar surface area (TPSA) is 58.1 Å². The Morgan fingerprint density at radius 2 is 1.96 bits per heavy atom. The molecule has 1 aliphatic heterocycles. The molecule has 5 heteroatoms. The highest BCUT2D eigenvalue weighted by Gasteiger charge is 2.19. The molecule has 1 N–H and O–H groups in total. The maximum atomic E-state index is 12.5. The van der Waals surface area contributed by atoms with Crippen molar-refractivity contribution in [2.75, 3.05) is 18.0 Å². The fourth-order valence-electron chi connectivity index (χ4n) is 3.11. The lowest BCUT2D eigenvalue weighted by Gasteiger charge is -2.17. The lowest BCUT2D eigenvalue weighted by Crippen LogP contribution is -2.29. The average Bonchev–Trinajstić information content (AvgIpc) is 3.16. The second-order valence-corrected chi connectivity index (χ2v) is 6.13. The number of carbonyl (C=O) groups excluding carboxylic acids is 1. The summed E-state index contributed by atoms with van der Waals surface area (Å²) in [4.78, 5) is 23.7. The van der Waals surface area contributed by atoms with Gasteiger partial charge in [0.2, 0.25) is 11.9 Å². The maximum absolute atomic E-state index is 12.5. The van der Waals surface area contributed by atoms with Crippen LogP contribution in [0.2, 0.25) is 0 Å². The molecule has 0 saturated carbocycles. The quantitative estimate of drug-likeness (QED) is 0.887. The van der Waals surface area contributed by atoms with Gasteiger partial charge in [0.1, 0.15) is 0 Å². The van der Waals surface area contributed by atoms with E-state index < -0.39 is 0 Å². The monoisotopic (exact) mass is 324 g/mol. The molecular formula is C19H24N4O. The summed E-state index contributed by atoms with van der Waals surface area (Å²) in [6.07, 6.45) is 4.94. The average molecular weight is 324 g/mol. The molecule has 5 nitrogen and oxygen atoms in total. The lowest BCUT2D eigenvalue weighted by atomic mass is 9.96. The van der Waals surface area contributed by atoms with Crippen molar-refractivity contribution >= 4 is 11.9 Å². The number of aromatic nitrogens is 2. The van der Waals surface area contributed by atoms with E-state index in [0.29, 0.717) is 6.54 Å². The van der Waals surface area contributed by atoms with Crippen molar-refractivity contribution in [2.24, 2.45) is 0 Å². The predicted octanol–water partition coefficient (Wildman–Crippen LogP) is 2.89. The summed E-state index contributed by atoms with van der Waals surface area (Å²) in [7, 11) is 0. The van der Waals surface area contributed by atoms with Crippen LogP contribution in [0.15, 0.2) is 42.6 Å². The van der Waals surface area contributed by atoms with Gasteiger partial charge in [-0.1, -0.05) is 37.3 Å². The summed E-state index contributed by atoms with van der Waals surface area (Å²) in [6.45, 7) is 4.50. The molecule has 1 amide bonds. The summed E-state index contributed by atoms with van der Waals surface area (Å²) in [5, 5.41) is 3.02. The highest BCUT2D eigenvalue weighted by molar-refractivity contribution is 5.83. The zero-order valence-electron chi connectivity index (χ0n) is 14.1. The molecule has 24 heavy (non-hydrogen) atoms. The van der Waals surface area contributed by atoms with E-state index in [4.69, 9.17) is 0 Å². The fraction of sp³-hybridized carbons (Fsp3) is 0.421. The second kappa shape index (κ2) is 7.90. The second-order valence-electron chi connectivity index (χ2n) is 6.13. The molecule has 1 saturated heterocycles. The van der Waals surface area contributed by atoms with Crippen LogP contribution in [0.5, 0.6) is 0 Å². The van der Waals surface area contributed by atoms with Crippen molar-refractivity contribution in [1.29, 1.82) is 0 Å². The maximum Gasteiger partial charge on any atom is 0.227 e. The molecule has 1 aromatic carbocycles. The van der Waals surface area contributed by atoms with Crippen molar-refractivity contribution < 1.29 is 4.79 Å². The number of amides is 1. The predicted molar refractivity (Wildman–Crippen MR) is 94.8 cm³/mol. The third-order valence-electron chi connectivity index (χ3n) is 4.46. The van der Waals surface area contributed by atoms with E-state index in [-0.39, 0.29) is 11.8 Å². The van der Waals surface area contributed by atoms with Gasteiger partial charge in [0.25, 0.3) is 0 Å². The van der Waals surface area contributed by atoms with Crippen LogP contribution < -0.4 is 10.2 Å². The Kier molecular flexibility index (Phi) is 5.41. The summed E-state index contributed by atoms with van der Waals surface area (Å²) in [5.41, 5.74) is 1.90. The van der Waals surface area contributed by atoms with Crippen LogP contribution in [-0.2, 0) is 11.3 Å². The van der Waals surface area contributed by atoms with E-state index in [1.807, 2.05) is 43.3 Å². The Hall–Kier alpha value is -2.43. The molecule has 3 rings (SSSR count). The van der Waals surface area contributed by atoms with Crippen LogP contribution in [0.25, 0.3) is 0 Å². The molecule has 1 aromatic heterocycles. The van der Waals surface area contributed by atoms with Crippen LogP contribution in [0.4, 0.5) is 5.95 Å².